The molecule has 2 aromatic carbocycles. The average molecular weight is 354 g/mol. The fourth-order valence-corrected chi connectivity index (χ4v) is 3.14. The summed E-state index contributed by atoms with van der Waals surface area (Å²) in [5, 5.41) is 4.04. The minimum absolute atomic E-state index is 0.0345. The molecule has 0 heterocycles. The van der Waals surface area contributed by atoms with Crippen molar-refractivity contribution < 1.29 is 4.79 Å². The van der Waals surface area contributed by atoms with Crippen molar-refractivity contribution in [3.63, 3.8) is 0 Å². The van der Waals surface area contributed by atoms with Gasteiger partial charge in [-0.25, -0.2) is 0 Å². The Morgan fingerprint density at radius 3 is 2.68 bits per heavy atom. The van der Waals surface area contributed by atoms with Crippen molar-refractivity contribution in [2.45, 2.75) is 19.1 Å². The summed E-state index contributed by atoms with van der Waals surface area (Å²) < 4.78 is 0. The van der Waals surface area contributed by atoms with Crippen molar-refractivity contribution in [1.82, 2.24) is 0 Å². The Morgan fingerprint density at radius 2 is 1.95 bits per heavy atom. The standard InChI is InChI=1S/C17H17Cl2NOS/c1-12-3-2-4-14(9-12)20-17(21)7-8-22-11-13-5-6-15(18)16(19)10-13/h2-6,9-10H,7-8,11H2,1H3,(H,20,21). The molecule has 0 aromatic heterocycles. The van der Waals surface area contributed by atoms with E-state index in [-0.39, 0.29) is 5.91 Å². The van der Waals surface area contributed by atoms with Crippen molar-refractivity contribution in [2.75, 3.05) is 11.1 Å². The number of benzene rings is 2. The van der Waals surface area contributed by atoms with Crippen LogP contribution in [-0.2, 0) is 10.5 Å². The van der Waals surface area contributed by atoms with E-state index in [1.54, 1.807) is 17.8 Å². The molecule has 2 nitrogen and oxygen atoms in total. The molecule has 0 radical (unpaired) electrons. The topological polar surface area (TPSA) is 29.1 Å². The first-order valence-corrected chi connectivity index (χ1v) is 8.84. The first-order valence-electron chi connectivity index (χ1n) is 6.93. The molecule has 0 saturated heterocycles. The van der Waals surface area contributed by atoms with Gasteiger partial charge < -0.3 is 5.32 Å². The lowest BCUT2D eigenvalue weighted by molar-refractivity contribution is -0.115. The Bertz CT molecular complexity index is 661. The molecular weight excluding hydrogens is 337 g/mol. The second-order valence-electron chi connectivity index (χ2n) is 4.97. The number of carbonyl (C=O) groups excluding carboxylic acids is 1. The van der Waals surface area contributed by atoms with Crippen molar-refractivity contribution in [3.8, 4) is 0 Å². The maximum atomic E-state index is 11.9. The number of hydrogen-bond donors (Lipinski definition) is 1. The third-order valence-corrected chi connectivity index (χ3v) is 4.80. The van der Waals surface area contributed by atoms with Gasteiger partial charge in [0, 0.05) is 23.6 Å². The Kier molecular flexibility index (Phi) is 6.62. The third-order valence-electron chi connectivity index (χ3n) is 3.03. The summed E-state index contributed by atoms with van der Waals surface area (Å²) in [5.41, 5.74) is 3.09. The van der Waals surface area contributed by atoms with Crippen LogP contribution in [0.2, 0.25) is 10.0 Å². The number of rotatable bonds is 6. The maximum absolute atomic E-state index is 11.9. The van der Waals surface area contributed by atoms with E-state index in [0.29, 0.717) is 16.5 Å². The van der Waals surface area contributed by atoms with E-state index >= 15 is 0 Å². The molecule has 2 rings (SSSR count). The van der Waals surface area contributed by atoms with Gasteiger partial charge in [-0.05, 0) is 42.3 Å². The third kappa shape index (κ3) is 5.56. The van der Waals surface area contributed by atoms with Crippen molar-refractivity contribution in [3.05, 3.63) is 63.6 Å². The van der Waals surface area contributed by atoms with Gasteiger partial charge in [0.1, 0.15) is 0 Å². The van der Waals surface area contributed by atoms with E-state index in [0.717, 1.165) is 28.3 Å². The van der Waals surface area contributed by atoms with Crippen LogP contribution >= 0.6 is 35.0 Å². The molecule has 2 aromatic rings. The molecule has 116 valence electrons. The van der Waals surface area contributed by atoms with E-state index in [2.05, 4.69) is 5.32 Å². The van der Waals surface area contributed by atoms with Crippen LogP contribution in [0.3, 0.4) is 0 Å². The Hall–Kier alpha value is -1.16. The second kappa shape index (κ2) is 8.47. The zero-order valence-corrected chi connectivity index (χ0v) is 14.6. The zero-order valence-electron chi connectivity index (χ0n) is 12.2. The maximum Gasteiger partial charge on any atom is 0.225 e. The molecule has 1 amide bonds. The normalized spacial score (nSPS) is 10.5. The Balaban J connectivity index is 1.72. The number of hydrogen-bond acceptors (Lipinski definition) is 2. The van der Waals surface area contributed by atoms with E-state index in [1.807, 2.05) is 43.3 Å². The molecule has 0 aliphatic heterocycles. The van der Waals surface area contributed by atoms with Gasteiger partial charge in [0.15, 0.2) is 0 Å². The van der Waals surface area contributed by atoms with Crippen LogP contribution in [0.15, 0.2) is 42.5 Å². The van der Waals surface area contributed by atoms with Crippen LogP contribution in [0.5, 0.6) is 0 Å². The lowest BCUT2D eigenvalue weighted by Crippen LogP contribution is -2.12. The molecule has 0 aliphatic rings. The van der Waals surface area contributed by atoms with E-state index in [9.17, 15) is 4.79 Å². The lowest BCUT2D eigenvalue weighted by atomic mass is 10.2. The highest BCUT2D eigenvalue weighted by atomic mass is 35.5. The lowest BCUT2D eigenvalue weighted by Gasteiger charge is -2.06. The fraction of sp³-hybridized carbons (Fsp3) is 0.235. The Labute approximate surface area is 145 Å². The summed E-state index contributed by atoms with van der Waals surface area (Å²) in [7, 11) is 0. The quantitative estimate of drug-likeness (QED) is 0.688. The van der Waals surface area contributed by atoms with Crippen LogP contribution in [0.1, 0.15) is 17.5 Å². The summed E-state index contributed by atoms with van der Waals surface area (Å²) in [6.07, 6.45) is 0.486. The monoisotopic (exact) mass is 353 g/mol. The summed E-state index contributed by atoms with van der Waals surface area (Å²) in [5.74, 6) is 1.61. The van der Waals surface area contributed by atoms with Crippen LogP contribution in [-0.4, -0.2) is 11.7 Å². The fourth-order valence-electron chi connectivity index (χ4n) is 1.93. The minimum Gasteiger partial charge on any atom is -0.326 e. The first kappa shape index (κ1) is 17.2. The molecule has 22 heavy (non-hydrogen) atoms. The van der Waals surface area contributed by atoms with E-state index in [4.69, 9.17) is 23.2 Å². The van der Waals surface area contributed by atoms with Gasteiger partial charge >= 0.3 is 0 Å². The zero-order chi connectivity index (χ0) is 15.9. The van der Waals surface area contributed by atoms with Crippen LogP contribution in [0.4, 0.5) is 5.69 Å². The number of aryl methyl sites for hydroxylation is 1. The summed E-state index contributed by atoms with van der Waals surface area (Å²) in [6.45, 7) is 2.00. The van der Waals surface area contributed by atoms with Crippen molar-refractivity contribution in [2.24, 2.45) is 0 Å². The second-order valence-corrected chi connectivity index (χ2v) is 6.89. The molecule has 1 N–H and O–H groups in total. The van der Waals surface area contributed by atoms with Gasteiger partial charge in [0.25, 0.3) is 0 Å². The molecule has 0 aliphatic carbocycles. The molecule has 5 heteroatoms. The molecule has 0 atom stereocenters. The molecule has 0 spiro atoms. The highest BCUT2D eigenvalue weighted by molar-refractivity contribution is 7.98. The number of anilines is 1. The molecule has 0 fully saturated rings. The van der Waals surface area contributed by atoms with Gasteiger partial charge in [-0.1, -0.05) is 41.4 Å². The molecule has 0 unspecified atom stereocenters. The summed E-state index contributed by atoms with van der Waals surface area (Å²) in [6, 6.07) is 13.4. The van der Waals surface area contributed by atoms with Crippen LogP contribution in [0.25, 0.3) is 0 Å². The smallest absolute Gasteiger partial charge is 0.225 e. The molecule has 0 saturated carbocycles. The minimum atomic E-state index is 0.0345. The highest BCUT2D eigenvalue weighted by Crippen LogP contribution is 2.24. The van der Waals surface area contributed by atoms with Crippen molar-refractivity contribution >= 4 is 46.6 Å². The number of carbonyl (C=O) groups is 1. The molecular formula is C17H17Cl2NOS. The summed E-state index contributed by atoms with van der Waals surface area (Å²) in [4.78, 5) is 11.9. The van der Waals surface area contributed by atoms with E-state index in [1.165, 1.54) is 0 Å². The predicted molar refractivity (Wildman–Crippen MR) is 97.0 cm³/mol. The molecule has 0 bridgehead atoms. The largest absolute Gasteiger partial charge is 0.326 e. The number of thioether (sulfide) groups is 1. The number of amides is 1. The average Bonchev–Trinajstić information content (AvgIpc) is 2.47. The Morgan fingerprint density at radius 1 is 1.14 bits per heavy atom. The van der Waals surface area contributed by atoms with Crippen LogP contribution < -0.4 is 5.32 Å². The van der Waals surface area contributed by atoms with Crippen molar-refractivity contribution in [1.29, 1.82) is 0 Å². The number of halogens is 2. The van der Waals surface area contributed by atoms with Gasteiger partial charge in [0.05, 0.1) is 10.0 Å². The first-order chi connectivity index (χ1) is 10.5. The SMILES string of the molecule is Cc1cccc(NC(=O)CCSCc2ccc(Cl)c(Cl)c2)c1. The van der Waals surface area contributed by atoms with Gasteiger partial charge in [-0.15, -0.1) is 0 Å². The van der Waals surface area contributed by atoms with Gasteiger partial charge in [-0.3, -0.25) is 4.79 Å². The van der Waals surface area contributed by atoms with E-state index < -0.39 is 0 Å². The predicted octanol–water partition coefficient (Wildman–Crippen LogP) is 5.56. The summed E-state index contributed by atoms with van der Waals surface area (Å²) >= 11 is 13.6. The van der Waals surface area contributed by atoms with Gasteiger partial charge in [0.2, 0.25) is 5.91 Å². The van der Waals surface area contributed by atoms with Crippen LogP contribution in [0, 0.1) is 6.92 Å². The van der Waals surface area contributed by atoms with Gasteiger partial charge in [-0.2, -0.15) is 11.8 Å². The number of nitrogens with one attached hydrogen (secondary N) is 1. The highest BCUT2D eigenvalue weighted by Gasteiger charge is 2.04.